The van der Waals surface area contributed by atoms with Crippen molar-refractivity contribution in [3.63, 3.8) is 0 Å². The van der Waals surface area contributed by atoms with Crippen LogP contribution in [0.1, 0.15) is 22.0 Å². The van der Waals surface area contributed by atoms with E-state index in [2.05, 4.69) is 15.3 Å². The molecular weight excluding hydrogens is 443 g/mol. The van der Waals surface area contributed by atoms with Gasteiger partial charge in [-0.15, -0.1) is 0 Å². The Morgan fingerprint density at radius 2 is 1.90 bits per heavy atom. The summed E-state index contributed by atoms with van der Waals surface area (Å²) in [6, 6.07) is 5.53. The van der Waals surface area contributed by atoms with Crippen LogP contribution in [0.2, 0.25) is 0 Å². The summed E-state index contributed by atoms with van der Waals surface area (Å²) in [4.78, 5) is 19.1. The Balaban J connectivity index is 1.44. The van der Waals surface area contributed by atoms with Crippen molar-refractivity contribution in [2.75, 3.05) is 6.61 Å². The van der Waals surface area contributed by atoms with Gasteiger partial charge in [0.15, 0.2) is 0 Å². The molecule has 1 aliphatic heterocycles. The molecule has 1 N–H and O–H groups in total. The number of amides is 1. The molecule has 1 aliphatic rings. The molecule has 0 saturated carbocycles. The van der Waals surface area contributed by atoms with Crippen LogP contribution in [0.5, 0.6) is 5.75 Å². The number of imidazole rings is 1. The first kappa shape index (κ1) is 19.5. The predicted molar refractivity (Wildman–Crippen MR) is 104 cm³/mol. The number of hydrogen-bond acceptors (Lipinski definition) is 4. The third-order valence-corrected chi connectivity index (χ3v) is 6.16. The van der Waals surface area contributed by atoms with Crippen LogP contribution >= 0.6 is 10.2 Å². The molecule has 2 aromatic carbocycles. The normalized spacial score (nSPS) is 18.3. The maximum Gasteiger partial charge on any atom is 0.310 e. The van der Waals surface area contributed by atoms with Crippen molar-refractivity contribution in [3.05, 3.63) is 66.2 Å². The average Bonchev–Trinajstić information content (AvgIpc) is 3.32. The van der Waals surface area contributed by atoms with Gasteiger partial charge in [0, 0.05) is 17.2 Å². The number of aromatic nitrogens is 3. The summed E-state index contributed by atoms with van der Waals surface area (Å²) in [5, 5.41) is 2.67. The maximum atomic E-state index is 13.0. The number of carbonyl (C=O) groups is 1. The lowest BCUT2D eigenvalue weighted by atomic mass is 10.1. The number of benzene rings is 2. The van der Waals surface area contributed by atoms with Gasteiger partial charge in [-0.1, -0.05) is 25.5 Å². The summed E-state index contributed by atoms with van der Waals surface area (Å²) < 4.78 is 72.0. The first-order chi connectivity index (χ1) is 14.4. The van der Waals surface area contributed by atoms with E-state index in [4.69, 9.17) is 4.74 Å². The summed E-state index contributed by atoms with van der Waals surface area (Å²) in [6.07, 6.45) is 4.84. The van der Waals surface area contributed by atoms with Crippen molar-refractivity contribution >= 4 is 32.7 Å². The lowest BCUT2D eigenvalue weighted by Gasteiger charge is -2.40. The van der Waals surface area contributed by atoms with Gasteiger partial charge in [-0.2, -0.15) is 0 Å². The van der Waals surface area contributed by atoms with E-state index in [0.29, 0.717) is 17.1 Å². The van der Waals surface area contributed by atoms with Gasteiger partial charge in [0.05, 0.1) is 41.3 Å². The second kappa shape index (κ2) is 5.63. The van der Waals surface area contributed by atoms with Gasteiger partial charge in [0.1, 0.15) is 17.3 Å². The van der Waals surface area contributed by atoms with Gasteiger partial charge in [-0.25, -0.2) is 4.98 Å². The minimum absolute atomic E-state index is 0.175. The first-order valence-corrected chi connectivity index (χ1v) is 10.9. The van der Waals surface area contributed by atoms with Crippen LogP contribution in [0.15, 0.2) is 60.0 Å². The van der Waals surface area contributed by atoms with E-state index in [1.807, 2.05) is 0 Å². The molecule has 31 heavy (non-hydrogen) atoms. The van der Waals surface area contributed by atoms with E-state index >= 15 is 0 Å². The van der Waals surface area contributed by atoms with E-state index in [-0.39, 0.29) is 29.5 Å². The summed E-state index contributed by atoms with van der Waals surface area (Å²) in [5.41, 5.74) is 2.50. The Bertz CT molecular complexity index is 1390. The van der Waals surface area contributed by atoms with E-state index in [0.717, 1.165) is 11.6 Å². The van der Waals surface area contributed by atoms with Gasteiger partial charge < -0.3 is 10.1 Å². The second-order valence-electron chi connectivity index (χ2n) is 7.16. The summed E-state index contributed by atoms with van der Waals surface area (Å²) in [6.45, 7) is -0.175. The molecule has 3 heterocycles. The Morgan fingerprint density at radius 1 is 1.10 bits per heavy atom. The third kappa shape index (κ3) is 3.42. The maximum absolute atomic E-state index is 13.0. The summed E-state index contributed by atoms with van der Waals surface area (Å²) >= 11 is 0. The van der Waals surface area contributed by atoms with Crippen molar-refractivity contribution in [1.29, 1.82) is 0 Å². The molecule has 5 rings (SSSR count). The molecule has 0 spiro atoms. The number of rotatable bonds is 3. The molecule has 0 fully saturated rings. The number of nitrogens with zero attached hydrogens (tertiary/aromatic N) is 3. The number of hydrogen-bond donors (Lipinski definition) is 1. The van der Waals surface area contributed by atoms with Gasteiger partial charge in [-0.3, -0.25) is 14.2 Å². The largest absolute Gasteiger partial charge is 0.491 e. The number of fused-ring (bicyclic) bond motifs is 4. The van der Waals surface area contributed by atoms with Gasteiger partial charge in [0.2, 0.25) is 0 Å². The van der Waals surface area contributed by atoms with Crippen LogP contribution in [0.25, 0.3) is 16.6 Å². The highest BCUT2D eigenvalue weighted by Gasteiger charge is 2.65. The zero-order valence-electron chi connectivity index (χ0n) is 15.4. The van der Waals surface area contributed by atoms with Crippen molar-refractivity contribution in [3.8, 4) is 5.75 Å². The zero-order chi connectivity index (χ0) is 22.1. The number of ether oxygens (including phenoxy) is 1. The van der Waals surface area contributed by atoms with E-state index < -0.39 is 27.1 Å². The molecule has 162 valence electrons. The number of nitrogens with one attached hydrogen (secondary N) is 1. The fourth-order valence-electron chi connectivity index (χ4n) is 3.50. The molecule has 2 aromatic heterocycles. The van der Waals surface area contributed by atoms with Crippen LogP contribution < -0.4 is 10.1 Å². The van der Waals surface area contributed by atoms with E-state index in [1.54, 1.807) is 41.3 Å². The fraction of sp³-hybridized carbons (Fsp3) is 0.105. The fourth-order valence-corrected chi connectivity index (χ4v) is 4.15. The minimum Gasteiger partial charge on any atom is -0.491 e. The van der Waals surface area contributed by atoms with Crippen molar-refractivity contribution < 1.29 is 29.0 Å². The molecule has 0 aliphatic carbocycles. The quantitative estimate of drug-likeness (QED) is 0.419. The SMILES string of the molecule is O=C(NC1COc2cc(S(F)(F)(F)(F)F)ccc21)c1ccc2ncc3cncn3c2c1. The smallest absolute Gasteiger partial charge is 0.310 e. The Morgan fingerprint density at radius 3 is 2.68 bits per heavy atom. The standard InChI is InChI=1S/C19H13F5N4O2S/c20-31(21,22,23,24)13-2-3-14-16(9-30-18(14)6-13)27-19(29)11-1-4-15-17(5-11)28-10-25-7-12(28)8-26-15/h1-8,10,16H,9H2,(H,27,29). The monoisotopic (exact) mass is 456 g/mol. The molecular formula is C19H13F5N4O2S. The predicted octanol–water partition coefficient (Wildman–Crippen LogP) is 5.40. The number of carbonyl (C=O) groups excluding carboxylic acids is 1. The second-order valence-corrected chi connectivity index (χ2v) is 9.57. The van der Waals surface area contributed by atoms with Crippen LogP contribution in [0.4, 0.5) is 19.4 Å². The van der Waals surface area contributed by atoms with Crippen LogP contribution in [-0.2, 0) is 0 Å². The molecule has 4 aromatic rings. The first-order valence-electron chi connectivity index (χ1n) is 8.92. The molecule has 12 heteroatoms. The lowest BCUT2D eigenvalue weighted by molar-refractivity contribution is 0.0930. The average molecular weight is 456 g/mol. The zero-order valence-corrected chi connectivity index (χ0v) is 16.3. The molecule has 0 radical (unpaired) electrons. The molecule has 0 saturated heterocycles. The molecule has 6 nitrogen and oxygen atoms in total. The van der Waals surface area contributed by atoms with Crippen molar-refractivity contribution in [2.24, 2.45) is 0 Å². The Kier molecular flexibility index (Phi) is 3.55. The van der Waals surface area contributed by atoms with Crippen LogP contribution in [0.3, 0.4) is 0 Å². The van der Waals surface area contributed by atoms with Gasteiger partial charge >= 0.3 is 10.2 Å². The summed E-state index contributed by atoms with van der Waals surface area (Å²) in [5.74, 6) is -0.837. The van der Waals surface area contributed by atoms with Crippen molar-refractivity contribution in [2.45, 2.75) is 10.9 Å². The highest BCUT2D eigenvalue weighted by Crippen LogP contribution is 3.02. The van der Waals surface area contributed by atoms with E-state index in [1.165, 1.54) is 0 Å². The molecule has 0 bridgehead atoms. The van der Waals surface area contributed by atoms with E-state index in [9.17, 15) is 24.2 Å². The highest BCUT2D eigenvalue weighted by molar-refractivity contribution is 8.45. The lowest BCUT2D eigenvalue weighted by Crippen LogP contribution is -2.29. The number of halogens is 5. The van der Waals surface area contributed by atoms with Gasteiger partial charge in [-0.05, 0) is 24.3 Å². The molecule has 1 unspecified atom stereocenters. The molecule has 1 atom stereocenters. The van der Waals surface area contributed by atoms with Gasteiger partial charge in [0.25, 0.3) is 5.91 Å². The Labute approximate surface area is 171 Å². The highest BCUT2D eigenvalue weighted by atomic mass is 32.5. The molecule has 1 amide bonds. The third-order valence-electron chi connectivity index (χ3n) is 5.02. The van der Waals surface area contributed by atoms with Crippen LogP contribution in [0, 0.1) is 0 Å². The summed E-state index contributed by atoms with van der Waals surface area (Å²) in [7, 11) is -9.82. The van der Waals surface area contributed by atoms with Crippen molar-refractivity contribution in [1.82, 2.24) is 19.7 Å². The Hall–Kier alpha value is -3.41. The minimum atomic E-state index is -9.82. The topological polar surface area (TPSA) is 68.5 Å². The van der Waals surface area contributed by atoms with Crippen LogP contribution in [-0.4, -0.2) is 26.9 Å².